The minimum Gasteiger partial charge on any atom is -0.591 e. The number of aromatic nitrogens is 1. The van der Waals surface area contributed by atoms with Gasteiger partial charge in [0, 0.05) is 24.2 Å². The molecule has 0 saturated carbocycles. The van der Waals surface area contributed by atoms with E-state index in [1.165, 1.54) is 32.5 Å². The molecule has 2 aromatic rings. The molecule has 0 amide bonds. The molecule has 1 heterocycles. The van der Waals surface area contributed by atoms with E-state index in [4.69, 9.17) is 4.74 Å². The SMILES string of the molecule is COC(=O)c1ccc([C@@H](O)CC(=N[S+]([O-])C(C)(C)C)c2ccc(OC)cc2O)cn1. The van der Waals surface area contributed by atoms with Crippen molar-refractivity contribution in [2.75, 3.05) is 14.2 Å². The summed E-state index contributed by atoms with van der Waals surface area (Å²) >= 11 is -1.61. The van der Waals surface area contributed by atoms with Crippen molar-refractivity contribution < 1.29 is 29.0 Å². The van der Waals surface area contributed by atoms with Crippen LogP contribution in [0.5, 0.6) is 11.5 Å². The highest BCUT2D eigenvalue weighted by atomic mass is 32.2. The molecule has 8 nitrogen and oxygen atoms in total. The predicted octanol–water partition coefficient (Wildman–Crippen LogP) is 2.96. The summed E-state index contributed by atoms with van der Waals surface area (Å²) in [5, 5.41) is 21.1. The molecule has 0 aliphatic carbocycles. The Hall–Kier alpha value is -2.62. The molecule has 0 radical (unpaired) electrons. The fraction of sp³-hybridized carbons (Fsp3) is 0.381. The fourth-order valence-electron chi connectivity index (χ4n) is 2.44. The Morgan fingerprint density at radius 1 is 1.27 bits per heavy atom. The molecule has 0 saturated heterocycles. The molecular weight excluding hydrogens is 408 g/mol. The zero-order valence-corrected chi connectivity index (χ0v) is 18.4. The number of methoxy groups -OCH3 is 2. The van der Waals surface area contributed by atoms with E-state index in [0.29, 0.717) is 16.9 Å². The van der Waals surface area contributed by atoms with E-state index >= 15 is 0 Å². The Morgan fingerprint density at radius 2 is 1.97 bits per heavy atom. The number of benzene rings is 1. The van der Waals surface area contributed by atoms with E-state index in [2.05, 4.69) is 14.1 Å². The number of aliphatic hydroxyl groups excluding tert-OH is 1. The molecule has 1 aromatic carbocycles. The number of aliphatic hydroxyl groups is 1. The summed E-state index contributed by atoms with van der Waals surface area (Å²) in [7, 11) is 2.74. The first kappa shape index (κ1) is 23.7. The number of ether oxygens (including phenoxy) is 2. The molecule has 1 unspecified atom stereocenters. The molecule has 0 aliphatic rings. The van der Waals surface area contributed by atoms with E-state index in [1.54, 1.807) is 39.0 Å². The van der Waals surface area contributed by atoms with Crippen LogP contribution in [0, 0.1) is 0 Å². The molecule has 0 fully saturated rings. The number of esters is 1. The molecule has 2 atom stereocenters. The summed E-state index contributed by atoms with van der Waals surface area (Å²) in [6, 6.07) is 7.65. The first-order valence-corrected chi connectivity index (χ1v) is 10.3. The maximum Gasteiger partial charge on any atom is 0.356 e. The molecule has 2 rings (SSSR count). The Balaban J connectivity index is 2.37. The maximum atomic E-state index is 12.6. The van der Waals surface area contributed by atoms with Crippen molar-refractivity contribution in [3.05, 3.63) is 53.3 Å². The van der Waals surface area contributed by atoms with Gasteiger partial charge in [0.1, 0.15) is 39.0 Å². The number of rotatable bonds is 7. The van der Waals surface area contributed by atoms with Crippen molar-refractivity contribution in [3.8, 4) is 11.5 Å². The monoisotopic (exact) mass is 434 g/mol. The number of hydrogen-bond acceptors (Lipinski definition) is 8. The van der Waals surface area contributed by atoms with E-state index in [1.807, 2.05) is 0 Å². The molecule has 9 heteroatoms. The summed E-state index contributed by atoms with van der Waals surface area (Å²) in [5.41, 5.74) is 1.16. The Kier molecular flexibility index (Phi) is 7.83. The Bertz CT molecular complexity index is 909. The van der Waals surface area contributed by atoms with Crippen LogP contribution in [0.25, 0.3) is 0 Å². The minimum atomic E-state index is -1.61. The van der Waals surface area contributed by atoms with E-state index in [0.717, 1.165) is 0 Å². The van der Waals surface area contributed by atoms with Crippen molar-refractivity contribution in [2.24, 2.45) is 4.40 Å². The Morgan fingerprint density at radius 3 is 2.47 bits per heavy atom. The van der Waals surface area contributed by atoms with Crippen LogP contribution in [0.15, 0.2) is 40.9 Å². The van der Waals surface area contributed by atoms with Crippen molar-refractivity contribution in [2.45, 2.75) is 38.0 Å². The second-order valence-corrected chi connectivity index (χ2v) is 9.38. The van der Waals surface area contributed by atoms with Gasteiger partial charge in [-0.15, -0.1) is 0 Å². The Labute approximate surface area is 178 Å². The number of phenols is 1. The summed E-state index contributed by atoms with van der Waals surface area (Å²) < 4.78 is 26.0. The van der Waals surface area contributed by atoms with Crippen molar-refractivity contribution in [1.82, 2.24) is 4.98 Å². The van der Waals surface area contributed by atoms with Gasteiger partial charge in [-0.3, -0.25) is 0 Å². The average Bonchev–Trinajstić information content (AvgIpc) is 2.71. The van der Waals surface area contributed by atoms with Crippen LogP contribution < -0.4 is 4.74 Å². The van der Waals surface area contributed by atoms with Gasteiger partial charge in [0.05, 0.1) is 20.3 Å². The molecular formula is C21H26N2O6S. The zero-order chi connectivity index (χ0) is 22.5. The minimum absolute atomic E-state index is 0.0268. The van der Waals surface area contributed by atoms with Gasteiger partial charge in [0.2, 0.25) is 0 Å². The number of hydrogen-bond donors (Lipinski definition) is 2. The number of phenolic OH excluding ortho intramolecular Hbond substituents is 1. The van der Waals surface area contributed by atoms with E-state index in [9.17, 15) is 19.6 Å². The molecule has 0 bridgehead atoms. The predicted molar refractivity (Wildman–Crippen MR) is 114 cm³/mol. The molecule has 0 aliphatic heterocycles. The lowest BCUT2D eigenvalue weighted by Gasteiger charge is -2.21. The molecule has 0 spiro atoms. The number of nitrogens with zero attached hydrogens (tertiary/aromatic N) is 2. The van der Waals surface area contributed by atoms with Crippen LogP contribution in [-0.2, 0) is 16.1 Å². The van der Waals surface area contributed by atoms with Crippen LogP contribution in [0.4, 0.5) is 0 Å². The van der Waals surface area contributed by atoms with E-state index < -0.39 is 28.2 Å². The van der Waals surface area contributed by atoms with Crippen molar-refractivity contribution >= 4 is 23.0 Å². The summed E-state index contributed by atoms with van der Waals surface area (Å²) in [5.74, 6) is -0.233. The number of carbonyl (C=O) groups is 1. The van der Waals surface area contributed by atoms with Crippen LogP contribution in [0.3, 0.4) is 0 Å². The largest absolute Gasteiger partial charge is 0.591 e. The van der Waals surface area contributed by atoms with Gasteiger partial charge in [-0.25, -0.2) is 9.78 Å². The number of pyridine rings is 1. The highest BCUT2D eigenvalue weighted by molar-refractivity contribution is 7.91. The first-order chi connectivity index (χ1) is 14.1. The van der Waals surface area contributed by atoms with Crippen LogP contribution in [0.2, 0.25) is 0 Å². The zero-order valence-electron chi connectivity index (χ0n) is 17.6. The molecule has 1 aromatic heterocycles. The lowest BCUT2D eigenvalue weighted by molar-refractivity contribution is 0.0593. The normalized spacial score (nSPS) is 14.2. The average molecular weight is 435 g/mol. The summed E-state index contributed by atoms with van der Waals surface area (Å²) in [6.45, 7) is 5.35. The molecule has 2 N–H and O–H groups in total. The molecule has 30 heavy (non-hydrogen) atoms. The maximum absolute atomic E-state index is 12.6. The van der Waals surface area contributed by atoms with Crippen molar-refractivity contribution in [3.63, 3.8) is 0 Å². The van der Waals surface area contributed by atoms with Gasteiger partial charge < -0.3 is 24.2 Å². The topological polar surface area (TPSA) is 124 Å². The third kappa shape index (κ3) is 5.94. The second-order valence-electron chi connectivity index (χ2n) is 7.47. The number of aromatic hydroxyl groups is 1. The lowest BCUT2D eigenvalue weighted by atomic mass is 9.99. The number of carbonyl (C=O) groups excluding carboxylic acids is 1. The first-order valence-electron chi connectivity index (χ1n) is 9.16. The second kappa shape index (κ2) is 9.92. The quantitative estimate of drug-likeness (QED) is 0.390. The summed E-state index contributed by atoms with van der Waals surface area (Å²) in [4.78, 5) is 15.5. The lowest BCUT2D eigenvalue weighted by Crippen LogP contribution is -2.27. The van der Waals surface area contributed by atoms with Gasteiger partial charge in [-0.1, -0.05) is 10.5 Å². The van der Waals surface area contributed by atoms with Crippen LogP contribution in [-0.4, -0.2) is 50.4 Å². The van der Waals surface area contributed by atoms with Crippen LogP contribution in [0.1, 0.15) is 54.9 Å². The molecule has 162 valence electrons. The smallest absolute Gasteiger partial charge is 0.356 e. The summed E-state index contributed by atoms with van der Waals surface area (Å²) in [6.07, 6.45) is 0.283. The van der Waals surface area contributed by atoms with Gasteiger partial charge >= 0.3 is 5.97 Å². The standard InChI is InChI=1S/C21H26N2O6S/c1-21(2,3)30(27)23-17(15-8-7-14(28-4)10-19(15)25)11-18(24)13-6-9-16(22-12-13)20(26)29-5/h6-10,12,18,24-25H,11H2,1-5H3/t18-,30?/m0/s1. The highest BCUT2D eigenvalue weighted by Crippen LogP contribution is 2.29. The highest BCUT2D eigenvalue weighted by Gasteiger charge is 2.29. The third-order valence-corrected chi connectivity index (χ3v) is 5.62. The van der Waals surface area contributed by atoms with E-state index in [-0.39, 0.29) is 23.6 Å². The van der Waals surface area contributed by atoms with Gasteiger partial charge in [-0.05, 0) is 44.5 Å². The van der Waals surface area contributed by atoms with Gasteiger partial charge in [-0.2, -0.15) is 0 Å². The van der Waals surface area contributed by atoms with Crippen LogP contribution >= 0.6 is 0 Å². The van der Waals surface area contributed by atoms with Gasteiger partial charge in [0.15, 0.2) is 0 Å². The van der Waals surface area contributed by atoms with Gasteiger partial charge in [0.25, 0.3) is 0 Å². The third-order valence-electron chi connectivity index (χ3n) is 4.19. The fourth-order valence-corrected chi connectivity index (χ4v) is 3.09. The van der Waals surface area contributed by atoms with Crippen molar-refractivity contribution in [1.29, 1.82) is 0 Å².